The van der Waals surface area contributed by atoms with Gasteiger partial charge in [0.1, 0.15) is 24.0 Å². The number of benzene rings is 2. The molecule has 0 fully saturated rings. The summed E-state index contributed by atoms with van der Waals surface area (Å²) in [5.41, 5.74) is 1.41. The van der Waals surface area contributed by atoms with Crippen molar-refractivity contribution >= 4 is 0 Å². The Bertz CT molecular complexity index is 589. The van der Waals surface area contributed by atoms with Crippen molar-refractivity contribution in [2.75, 3.05) is 0 Å². The maximum absolute atomic E-state index is 13.5. The van der Waals surface area contributed by atoms with Gasteiger partial charge in [-0.3, -0.25) is 0 Å². The van der Waals surface area contributed by atoms with Gasteiger partial charge in [0.05, 0.1) is 11.7 Å². The minimum Gasteiger partial charge on any atom is -0.488 e. The van der Waals surface area contributed by atoms with Crippen molar-refractivity contribution in [3.05, 3.63) is 64.7 Å². The zero-order valence-corrected chi connectivity index (χ0v) is 11.4. The molecule has 0 bridgehead atoms. The fourth-order valence-electron chi connectivity index (χ4n) is 1.93. The van der Waals surface area contributed by atoms with E-state index in [1.807, 2.05) is 13.0 Å². The van der Waals surface area contributed by atoms with Crippen molar-refractivity contribution in [3.8, 4) is 5.75 Å². The van der Waals surface area contributed by atoms with Crippen LogP contribution >= 0.6 is 0 Å². The van der Waals surface area contributed by atoms with Gasteiger partial charge in [0.15, 0.2) is 0 Å². The van der Waals surface area contributed by atoms with E-state index in [1.165, 1.54) is 18.2 Å². The van der Waals surface area contributed by atoms with Crippen LogP contribution in [-0.2, 0) is 6.61 Å². The SMILES string of the molecule is Cc1ccc(C(C)O)c(OCc2c(F)cccc2F)c1. The van der Waals surface area contributed by atoms with E-state index in [9.17, 15) is 13.9 Å². The van der Waals surface area contributed by atoms with Crippen LogP contribution in [0.2, 0.25) is 0 Å². The number of aryl methyl sites for hydroxylation is 1. The minimum atomic E-state index is -0.712. The molecular formula is C16H16F2O2. The van der Waals surface area contributed by atoms with Gasteiger partial charge in [-0.05, 0) is 37.6 Å². The van der Waals surface area contributed by atoms with Gasteiger partial charge in [-0.25, -0.2) is 8.78 Å². The molecular weight excluding hydrogens is 262 g/mol. The van der Waals surface area contributed by atoms with Crippen LogP contribution in [-0.4, -0.2) is 5.11 Å². The fraction of sp³-hybridized carbons (Fsp3) is 0.250. The number of hydrogen-bond donors (Lipinski definition) is 1. The van der Waals surface area contributed by atoms with Crippen molar-refractivity contribution in [2.24, 2.45) is 0 Å². The summed E-state index contributed by atoms with van der Waals surface area (Å²) in [6, 6.07) is 9.01. The van der Waals surface area contributed by atoms with E-state index in [1.54, 1.807) is 19.1 Å². The Hall–Kier alpha value is -1.94. The predicted octanol–water partition coefficient (Wildman–Crippen LogP) is 3.91. The smallest absolute Gasteiger partial charge is 0.132 e. The summed E-state index contributed by atoms with van der Waals surface area (Å²) in [7, 11) is 0. The third-order valence-electron chi connectivity index (χ3n) is 3.05. The van der Waals surface area contributed by atoms with E-state index in [2.05, 4.69) is 0 Å². The molecule has 2 nitrogen and oxygen atoms in total. The lowest BCUT2D eigenvalue weighted by Gasteiger charge is -2.15. The molecule has 0 saturated carbocycles. The second-order valence-corrected chi connectivity index (χ2v) is 4.71. The van der Waals surface area contributed by atoms with Crippen LogP contribution < -0.4 is 4.74 Å². The van der Waals surface area contributed by atoms with E-state index < -0.39 is 17.7 Å². The Labute approximate surface area is 116 Å². The van der Waals surface area contributed by atoms with Crippen LogP contribution in [0.5, 0.6) is 5.75 Å². The summed E-state index contributed by atoms with van der Waals surface area (Å²) >= 11 is 0. The Morgan fingerprint density at radius 1 is 1.15 bits per heavy atom. The lowest BCUT2D eigenvalue weighted by Crippen LogP contribution is -2.05. The highest BCUT2D eigenvalue weighted by Crippen LogP contribution is 2.27. The molecule has 0 saturated heterocycles. The van der Waals surface area contributed by atoms with Crippen molar-refractivity contribution < 1.29 is 18.6 Å². The van der Waals surface area contributed by atoms with Crippen LogP contribution in [0.25, 0.3) is 0 Å². The van der Waals surface area contributed by atoms with Crippen LogP contribution in [0.1, 0.15) is 29.7 Å². The zero-order valence-electron chi connectivity index (χ0n) is 11.4. The molecule has 0 heterocycles. The van der Waals surface area contributed by atoms with E-state index in [4.69, 9.17) is 4.74 Å². The first-order valence-electron chi connectivity index (χ1n) is 6.33. The average molecular weight is 278 g/mol. The normalized spacial score (nSPS) is 12.2. The number of aliphatic hydroxyl groups excluding tert-OH is 1. The Morgan fingerprint density at radius 3 is 2.40 bits per heavy atom. The largest absolute Gasteiger partial charge is 0.488 e. The second-order valence-electron chi connectivity index (χ2n) is 4.71. The molecule has 0 amide bonds. The van der Waals surface area contributed by atoms with E-state index in [0.29, 0.717) is 11.3 Å². The van der Waals surface area contributed by atoms with E-state index >= 15 is 0 Å². The number of ether oxygens (including phenoxy) is 1. The number of aliphatic hydroxyl groups is 1. The minimum absolute atomic E-state index is 0.120. The standard InChI is InChI=1S/C16H16F2O2/c1-10-6-7-12(11(2)19)16(8-10)20-9-13-14(17)4-3-5-15(13)18/h3-8,11,19H,9H2,1-2H3. The van der Waals surface area contributed by atoms with Crippen LogP contribution in [0.3, 0.4) is 0 Å². The molecule has 0 aliphatic rings. The van der Waals surface area contributed by atoms with Crippen LogP contribution in [0.4, 0.5) is 8.78 Å². The zero-order chi connectivity index (χ0) is 14.7. The molecule has 1 N–H and O–H groups in total. The first kappa shape index (κ1) is 14.5. The molecule has 0 aliphatic heterocycles. The summed E-state index contributed by atoms with van der Waals surface area (Å²) < 4.78 is 32.5. The summed E-state index contributed by atoms with van der Waals surface area (Å²) in [6.07, 6.45) is -0.712. The van der Waals surface area contributed by atoms with Gasteiger partial charge in [0.2, 0.25) is 0 Å². The highest BCUT2D eigenvalue weighted by atomic mass is 19.1. The predicted molar refractivity (Wildman–Crippen MR) is 72.5 cm³/mol. The summed E-state index contributed by atoms with van der Waals surface area (Å²) in [5, 5.41) is 9.67. The topological polar surface area (TPSA) is 29.5 Å². The Balaban J connectivity index is 2.25. The summed E-state index contributed by atoms with van der Waals surface area (Å²) in [4.78, 5) is 0. The number of halogens is 2. The third kappa shape index (κ3) is 3.14. The Kier molecular flexibility index (Phi) is 4.35. The average Bonchev–Trinajstić information content (AvgIpc) is 2.37. The highest BCUT2D eigenvalue weighted by Gasteiger charge is 2.13. The molecule has 0 aliphatic carbocycles. The van der Waals surface area contributed by atoms with Gasteiger partial charge < -0.3 is 9.84 Å². The van der Waals surface area contributed by atoms with E-state index in [-0.39, 0.29) is 12.2 Å². The van der Waals surface area contributed by atoms with Crippen LogP contribution in [0, 0.1) is 18.6 Å². The number of rotatable bonds is 4. The van der Waals surface area contributed by atoms with Gasteiger partial charge >= 0.3 is 0 Å². The first-order valence-corrected chi connectivity index (χ1v) is 6.33. The molecule has 0 spiro atoms. The van der Waals surface area contributed by atoms with Crippen LogP contribution in [0.15, 0.2) is 36.4 Å². The first-order chi connectivity index (χ1) is 9.49. The van der Waals surface area contributed by atoms with Gasteiger partial charge in [0, 0.05) is 5.56 Å². The fourth-order valence-corrected chi connectivity index (χ4v) is 1.93. The van der Waals surface area contributed by atoms with Crippen molar-refractivity contribution in [1.29, 1.82) is 0 Å². The molecule has 20 heavy (non-hydrogen) atoms. The van der Waals surface area contributed by atoms with Gasteiger partial charge in [-0.2, -0.15) is 0 Å². The molecule has 106 valence electrons. The van der Waals surface area contributed by atoms with Crippen molar-refractivity contribution in [2.45, 2.75) is 26.6 Å². The molecule has 2 aromatic rings. The lowest BCUT2D eigenvalue weighted by atomic mass is 10.1. The van der Waals surface area contributed by atoms with Gasteiger partial charge in [0.25, 0.3) is 0 Å². The maximum atomic E-state index is 13.5. The molecule has 2 aromatic carbocycles. The molecule has 1 atom stereocenters. The quantitative estimate of drug-likeness (QED) is 0.919. The molecule has 0 radical (unpaired) electrons. The third-order valence-corrected chi connectivity index (χ3v) is 3.05. The molecule has 1 unspecified atom stereocenters. The Morgan fingerprint density at radius 2 is 1.80 bits per heavy atom. The maximum Gasteiger partial charge on any atom is 0.132 e. The lowest BCUT2D eigenvalue weighted by molar-refractivity contribution is 0.189. The van der Waals surface area contributed by atoms with Crippen molar-refractivity contribution in [1.82, 2.24) is 0 Å². The summed E-state index contributed by atoms with van der Waals surface area (Å²) in [6.45, 7) is 3.27. The highest BCUT2D eigenvalue weighted by molar-refractivity contribution is 5.38. The van der Waals surface area contributed by atoms with E-state index in [0.717, 1.165) is 5.56 Å². The molecule has 0 aromatic heterocycles. The molecule has 2 rings (SSSR count). The second kappa shape index (κ2) is 6.01. The monoisotopic (exact) mass is 278 g/mol. The van der Waals surface area contributed by atoms with Crippen molar-refractivity contribution in [3.63, 3.8) is 0 Å². The molecule has 4 heteroatoms. The number of hydrogen-bond acceptors (Lipinski definition) is 2. The van der Waals surface area contributed by atoms with Gasteiger partial charge in [-0.1, -0.05) is 18.2 Å². The summed E-state index contributed by atoms with van der Waals surface area (Å²) in [5.74, 6) is -0.852. The van der Waals surface area contributed by atoms with Gasteiger partial charge in [-0.15, -0.1) is 0 Å².